The highest BCUT2D eigenvalue weighted by Crippen LogP contribution is 2.36. The van der Waals surface area contributed by atoms with E-state index >= 15 is 0 Å². The quantitative estimate of drug-likeness (QED) is 0.315. The molecule has 0 radical (unpaired) electrons. The van der Waals surface area contributed by atoms with Crippen molar-refractivity contribution in [3.8, 4) is 0 Å². The van der Waals surface area contributed by atoms with E-state index in [0.29, 0.717) is 17.6 Å². The molecular weight excluding hydrogens is 489 g/mol. The molecule has 1 saturated carbocycles. The Balaban J connectivity index is 0.00000280. The van der Waals surface area contributed by atoms with Gasteiger partial charge in [-0.3, -0.25) is 4.99 Å². The summed E-state index contributed by atoms with van der Waals surface area (Å²) in [7, 11) is 0. The van der Waals surface area contributed by atoms with Crippen molar-refractivity contribution in [2.24, 2.45) is 10.4 Å². The molecule has 0 spiro atoms. The lowest BCUT2D eigenvalue weighted by molar-refractivity contribution is 0.00716. The number of nitrogens with zero attached hydrogens (tertiary/aromatic N) is 3. The van der Waals surface area contributed by atoms with Crippen LogP contribution in [-0.2, 0) is 0 Å². The highest BCUT2D eigenvalue weighted by molar-refractivity contribution is 14.0. The number of aliphatic imine (C=N–C) groups is 1. The molecule has 0 amide bonds. The molecule has 1 aliphatic heterocycles. The van der Waals surface area contributed by atoms with Crippen LogP contribution in [0, 0.1) is 5.41 Å². The first-order chi connectivity index (χ1) is 13.0. The van der Waals surface area contributed by atoms with Crippen LogP contribution in [0.1, 0.15) is 46.0 Å². The number of halogens is 2. The van der Waals surface area contributed by atoms with E-state index in [9.17, 15) is 5.11 Å². The molecule has 2 aliphatic rings. The average molecular weight is 522 g/mol. The van der Waals surface area contributed by atoms with Gasteiger partial charge in [-0.25, -0.2) is 4.98 Å². The fourth-order valence-corrected chi connectivity index (χ4v) is 4.26. The minimum Gasteiger partial charge on any atom is -0.392 e. The van der Waals surface area contributed by atoms with Crippen molar-refractivity contribution in [1.82, 2.24) is 15.6 Å². The third kappa shape index (κ3) is 5.86. The van der Waals surface area contributed by atoms with Gasteiger partial charge in [-0.05, 0) is 38.3 Å². The Morgan fingerprint density at radius 2 is 2.25 bits per heavy atom. The van der Waals surface area contributed by atoms with Gasteiger partial charge in [0.15, 0.2) is 5.96 Å². The van der Waals surface area contributed by atoms with Gasteiger partial charge < -0.3 is 20.6 Å². The summed E-state index contributed by atoms with van der Waals surface area (Å²) in [6.07, 6.45) is 6.75. The van der Waals surface area contributed by atoms with Crippen LogP contribution in [0.5, 0.6) is 0 Å². The number of aliphatic hydroxyl groups is 1. The molecule has 3 atom stereocenters. The van der Waals surface area contributed by atoms with Crippen molar-refractivity contribution in [2.45, 2.75) is 58.1 Å². The third-order valence-corrected chi connectivity index (χ3v) is 6.09. The Hall–Kier alpha value is -0.800. The summed E-state index contributed by atoms with van der Waals surface area (Å²) in [4.78, 5) is 11.4. The number of aliphatic hydroxyl groups excluding tert-OH is 1. The first-order valence-corrected chi connectivity index (χ1v) is 10.5. The monoisotopic (exact) mass is 521 g/mol. The molecule has 0 bridgehead atoms. The lowest BCUT2D eigenvalue weighted by Crippen LogP contribution is -2.46. The Morgan fingerprint density at radius 1 is 1.43 bits per heavy atom. The van der Waals surface area contributed by atoms with Gasteiger partial charge in [0.2, 0.25) is 0 Å². The van der Waals surface area contributed by atoms with Crippen LogP contribution in [-0.4, -0.2) is 54.4 Å². The molecule has 6 nitrogen and oxygen atoms in total. The predicted octanol–water partition coefficient (Wildman–Crippen LogP) is 3.43. The third-order valence-electron chi connectivity index (χ3n) is 5.79. The minimum atomic E-state index is -0.258. The lowest BCUT2D eigenvalue weighted by Gasteiger charge is -2.37. The van der Waals surface area contributed by atoms with Crippen molar-refractivity contribution in [3.63, 3.8) is 0 Å². The fourth-order valence-electron chi connectivity index (χ4n) is 4.02. The topological polar surface area (TPSA) is 72.8 Å². The van der Waals surface area contributed by atoms with E-state index in [1.807, 2.05) is 12.1 Å². The molecule has 158 valence electrons. The number of pyridine rings is 1. The number of guanidine groups is 1. The molecule has 28 heavy (non-hydrogen) atoms. The largest absolute Gasteiger partial charge is 0.392 e. The van der Waals surface area contributed by atoms with Gasteiger partial charge >= 0.3 is 0 Å². The van der Waals surface area contributed by atoms with E-state index in [1.54, 1.807) is 6.20 Å². The number of aromatic nitrogens is 1. The van der Waals surface area contributed by atoms with E-state index in [-0.39, 0.29) is 35.5 Å². The van der Waals surface area contributed by atoms with Crippen molar-refractivity contribution < 1.29 is 5.11 Å². The zero-order valence-corrected chi connectivity index (χ0v) is 19.9. The van der Waals surface area contributed by atoms with Crippen molar-refractivity contribution in [1.29, 1.82) is 0 Å². The maximum absolute atomic E-state index is 10.4. The second-order valence-electron chi connectivity index (χ2n) is 8.00. The van der Waals surface area contributed by atoms with Crippen LogP contribution in [0.2, 0.25) is 5.02 Å². The fraction of sp³-hybridized carbons (Fsp3) is 0.700. The van der Waals surface area contributed by atoms with Crippen molar-refractivity contribution in [3.05, 3.63) is 23.4 Å². The molecule has 1 aromatic rings. The summed E-state index contributed by atoms with van der Waals surface area (Å²) in [6, 6.07) is 4.03. The van der Waals surface area contributed by atoms with E-state index in [2.05, 4.69) is 34.4 Å². The van der Waals surface area contributed by atoms with Crippen molar-refractivity contribution >= 4 is 47.4 Å². The molecular formula is C20H33ClIN5O. The molecule has 0 aromatic carbocycles. The van der Waals surface area contributed by atoms with Gasteiger partial charge in [0, 0.05) is 37.3 Å². The Kier molecular flexibility index (Phi) is 9.08. The van der Waals surface area contributed by atoms with E-state index in [1.165, 1.54) is 6.42 Å². The van der Waals surface area contributed by atoms with Crippen molar-refractivity contribution in [2.75, 3.05) is 31.1 Å². The summed E-state index contributed by atoms with van der Waals surface area (Å²) in [5.74, 6) is 1.68. The molecule has 2 fully saturated rings. The number of hydrogen-bond donors (Lipinski definition) is 3. The molecule has 2 heterocycles. The van der Waals surface area contributed by atoms with E-state index in [0.717, 1.165) is 57.1 Å². The molecule has 8 heteroatoms. The Labute approximate surface area is 190 Å². The van der Waals surface area contributed by atoms with Gasteiger partial charge in [-0.15, -0.1) is 24.0 Å². The van der Waals surface area contributed by atoms with Gasteiger partial charge in [-0.2, -0.15) is 0 Å². The normalized spacial score (nSPS) is 28.0. The second kappa shape index (κ2) is 10.8. The molecule has 1 saturated heterocycles. The van der Waals surface area contributed by atoms with Gasteiger partial charge in [0.1, 0.15) is 5.82 Å². The SMILES string of the molecule is CCNC(=NCC1(C)CCCCC1O)NC1CCN(c2ncccc2Cl)C1.I. The smallest absolute Gasteiger partial charge is 0.191 e. The van der Waals surface area contributed by atoms with Crippen LogP contribution < -0.4 is 15.5 Å². The highest BCUT2D eigenvalue weighted by Gasteiger charge is 2.35. The zero-order chi connectivity index (χ0) is 19.3. The number of nitrogens with one attached hydrogen (secondary N) is 2. The van der Waals surface area contributed by atoms with Gasteiger partial charge in [-0.1, -0.05) is 31.4 Å². The number of hydrogen-bond acceptors (Lipinski definition) is 4. The van der Waals surface area contributed by atoms with Crippen LogP contribution >= 0.6 is 35.6 Å². The molecule has 3 unspecified atom stereocenters. The predicted molar refractivity (Wildman–Crippen MR) is 127 cm³/mol. The summed E-state index contributed by atoms with van der Waals surface area (Å²) < 4.78 is 0. The molecule has 1 aromatic heterocycles. The van der Waals surface area contributed by atoms with Gasteiger partial charge in [0.25, 0.3) is 0 Å². The summed E-state index contributed by atoms with van der Waals surface area (Å²) in [6.45, 7) is 7.46. The van der Waals surface area contributed by atoms with Crippen LogP contribution in [0.15, 0.2) is 23.3 Å². The standard InChI is InChI=1S/C20H32ClN5O.HI/c1-3-22-19(24-14-20(2)10-5-4-8-17(20)27)25-15-9-12-26(13-15)18-16(21)7-6-11-23-18;/h6-7,11,15,17,27H,3-5,8-10,12-14H2,1-2H3,(H2,22,24,25);1H. The maximum atomic E-state index is 10.4. The molecule has 3 N–H and O–H groups in total. The Bertz CT molecular complexity index is 661. The second-order valence-corrected chi connectivity index (χ2v) is 8.40. The first kappa shape index (κ1) is 23.5. The average Bonchev–Trinajstić information content (AvgIpc) is 3.11. The molecule has 1 aliphatic carbocycles. The zero-order valence-electron chi connectivity index (χ0n) is 16.8. The number of anilines is 1. The Morgan fingerprint density at radius 3 is 2.96 bits per heavy atom. The van der Waals surface area contributed by atoms with Crippen LogP contribution in [0.4, 0.5) is 5.82 Å². The molecule has 3 rings (SSSR count). The summed E-state index contributed by atoms with van der Waals surface area (Å²) in [5.41, 5.74) is -0.121. The minimum absolute atomic E-state index is 0. The summed E-state index contributed by atoms with van der Waals surface area (Å²) >= 11 is 6.29. The summed E-state index contributed by atoms with van der Waals surface area (Å²) in [5, 5.41) is 18.0. The maximum Gasteiger partial charge on any atom is 0.191 e. The van der Waals surface area contributed by atoms with E-state index < -0.39 is 0 Å². The highest BCUT2D eigenvalue weighted by atomic mass is 127. The van der Waals surface area contributed by atoms with E-state index in [4.69, 9.17) is 16.6 Å². The number of rotatable bonds is 5. The van der Waals surface area contributed by atoms with Crippen LogP contribution in [0.3, 0.4) is 0 Å². The van der Waals surface area contributed by atoms with Crippen LogP contribution in [0.25, 0.3) is 0 Å². The lowest BCUT2D eigenvalue weighted by atomic mass is 9.73. The first-order valence-electron chi connectivity index (χ1n) is 10.1. The van der Waals surface area contributed by atoms with Gasteiger partial charge in [0.05, 0.1) is 17.7 Å².